The zero-order chi connectivity index (χ0) is 23.2. The Morgan fingerprint density at radius 2 is 1.73 bits per heavy atom. The minimum Gasteiger partial charge on any atom is -0.340 e. The molecule has 0 spiro atoms. The van der Waals surface area contributed by atoms with Crippen molar-refractivity contribution in [1.29, 1.82) is 0 Å². The van der Waals surface area contributed by atoms with Gasteiger partial charge in [0.05, 0.1) is 6.04 Å². The number of benzene rings is 2. The monoisotopic (exact) mass is 468 g/mol. The van der Waals surface area contributed by atoms with Crippen LogP contribution in [0.2, 0.25) is 5.02 Å². The van der Waals surface area contributed by atoms with Gasteiger partial charge in [-0.2, -0.15) is 0 Å². The molecule has 2 aromatic carbocycles. The largest absolute Gasteiger partial charge is 0.340 e. The molecule has 2 aliphatic rings. The Morgan fingerprint density at radius 3 is 2.39 bits per heavy atom. The van der Waals surface area contributed by atoms with Crippen molar-refractivity contribution in [3.63, 3.8) is 0 Å². The number of carbonyl (C=O) groups excluding carboxylic acids is 2. The molecule has 1 saturated heterocycles. The van der Waals surface area contributed by atoms with E-state index in [-0.39, 0.29) is 18.0 Å². The number of halogens is 1. The molecular formula is C26H33ClN4O2. The van der Waals surface area contributed by atoms with Crippen LogP contribution in [0.15, 0.2) is 54.6 Å². The number of hydrogen-bond acceptors (Lipinski definition) is 3. The Morgan fingerprint density at radius 1 is 1.03 bits per heavy atom. The van der Waals surface area contributed by atoms with Crippen LogP contribution >= 0.6 is 11.6 Å². The molecule has 0 bridgehead atoms. The number of nitrogens with one attached hydrogen (secondary N) is 1. The van der Waals surface area contributed by atoms with E-state index in [1.54, 1.807) is 12.1 Å². The Labute approximate surface area is 201 Å². The molecule has 1 aliphatic carbocycles. The van der Waals surface area contributed by atoms with Gasteiger partial charge in [0.25, 0.3) is 0 Å². The van der Waals surface area contributed by atoms with Gasteiger partial charge in [-0.1, -0.05) is 60.8 Å². The van der Waals surface area contributed by atoms with Crippen molar-refractivity contribution in [3.05, 3.63) is 65.2 Å². The van der Waals surface area contributed by atoms with Gasteiger partial charge >= 0.3 is 6.03 Å². The van der Waals surface area contributed by atoms with Gasteiger partial charge in [0.2, 0.25) is 5.91 Å². The second-order valence-corrected chi connectivity index (χ2v) is 9.57. The van der Waals surface area contributed by atoms with Crippen LogP contribution in [0.3, 0.4) is 0 Å². The SMILES string of the molecule is CN(Cc1ccccc1)C(=O)C(C1CCCC1)N1CCN(C(=O)Nc2cccc(Cl)c2)CC1. The number of carbonyl (C=O) groups is 2. The highest BCUT2D eigenvalue weighted by molar-refractivity contribution is 6.30. The fraction of sp³-hybridized carbons (Fsp3) is 0.462. The molecule has 1 atom stereocenters. The smallest absolute Gasteiger partial charge is 0.321 e. The Bertz CT molecular complexity index is 940. The van der Waals surface area contributed by atoms with E-state index in [0.29, 0.717) is 49.4 Å². The molecule has 6 nitrogen and oxygen atoms in total. The van der Waals surface area contributed by atoms with Crippen LogP contribution in [0.25, 0.3) is 0 Å². The Kier molecular flexibility index (Phi) is 7.89. The molecule has 1 saturated carbocycles. The summed E-state index contributed by atoms with van der Waals surface area (Å²) in [5.74, 6) is 0.588. The summed E-state index contributed by atoms with van der Waals surface area (Å²) in [6, 6.07) is 17.1. The van der Waals surface area contributed by atoms with Gasteiger partial charge in [-0.3, -0.25) is 9.69 Å². The summed E-state index contributed by atoms with van der Waals surface area (Å²) in [6.07, 6.45) is 4.59. The van der Waals surface area contributed by atoms with Crippen molar-refractivity contribution < 1.29 is 9.59 Å². The summed E-state index contributed by atoms with van der Waals surface area (Å²) in [4.78, 5) is 32.3. The molecule has 4 rings (SSSR count). The van der Waals surface area contributed by atoms with Crippen molar-refractivity contribution >= 4 is 29.2 Å². The topological polar surface area (TPSA) is 55.9 Å². The van der Waals surface area contributed by atoms with E-state index < -0.39 is 0 Å². The van der Waals surface area contributed by atoms with E-state index in [1.807, 2.05) is 47.2 Å². The molecule has 0 aromatic heterocycles. The summed E-state index contributed by atoms with van der Waals surface area (Å²) < 4.78 is 0. The summed E-state index contributed by atoms with van der Waals surface area (Å²) in [5.41, 5.74) is 1.83. The first-order valence-corrected chi connectivity index (χ1v) is 12.2. The first-order valence-electron chi connectivity index (χ1n) is 11.9. The van der Waals surface area contributed by atoms with Crippen LogP contribution in [0.5, 0.6) is 0 Å². The maximum atomic E-state index is 13.6. The van der Waals surface area contributed by atoms with Crippen LogP contribution in [-0.2, 0) is 11.3 Å². The third-order valence-corrected chi connectivity index (χ3v) is 7.04. The van der Waals surface area contributed by atoms with E-state index in [0.717, 1.165) is 18.4 Å². The van der Waals surface area contributed by atoms with Gasteiger partial charge in [-0.25, -0.2) is 4.79 Å². The molecule has 0 radical (unpaired) electrons. The van der Waals surface area contributed by atoms with E-state index in [1.165, 1.54) is 12.8 Å². The number of nitrogens with zero attached hydrogens (tertiary/aromatic N) is 3. The van der Waals surface area contributed by atoms with Gasteiger partial charge in [0.15, 0.2) is 0 Å². The second kappa shape index (κ2) is 11.0. The predicted octanol–water partition coefficient (Wildman–Crippen LogP) is 4.71. The van der Waals surface area contributed by atoms with Crippen molar-refractivity contribution in [1.82, 2.24) is 14.7 Å². The second-order valence-electron chi connectivity index (χ2n) is 9.13. The first-order chi connectivity index (χ1) is 16.0. The Hall–Kier alpha value is -2.57. The lowest BCUT2D eigenvalue weighted by Gasteiger charge is -2.42. The van der Waals surface area contributed by atoms with Crippen LogP contribution in [0.4, 0.5) is 10.5 Å². The average Bonchev–Trinajstić information content (AvgIpc) is 3.34. The highest BCUT2D eigenvalue weighted by Crippen LogP contribution is 2.32. The maximum absolute atomic E-state index is 13.6. The molecule has 1 heterocycles. The quantitative estimate of drug-likeness (QED) is 0.668. The molecule has 2 aromatic rings. The third kappa shape index (κ3) is 6.06. The van der Waals surface area contributed by atoms with Gasteiger partial charge in [0.1, 0.15) is 0 Å². The number of hydrogen-bond donors (Lipinski definition) is 1. The summed E-state index contributed by atoms with van der Waals surface area (Å²) in [6.45, 7) is 3.23. The standard InChI is InChI=1S/C26H33ClN4O2/c1-29(19-20-8-3-2-4-9-20)25(32)24(21-10-5-6-11-21)30-14-16-31(17-15-30)26(33)28-23-13-7-12-22(27)18-23/h2-4,7-9,12-13,18,21,24H,5-6,10-11,14-17,19H2,1H3,(H,28,33). The lowest BCUT2D eigenvalue weighted by atomic mass is 9.94. The molecule has 1 unspecified atom stereocenters. The van der Waals surface area contributed by atoms with Gasteiger partial charge < -0.3 is 15.1 Å². The number of amides is 3. The third-order valence-electron chi connectivity index (χ3n) is 6.81. The zero-order valence-corrected chi connectivity index (χ0v) is 20.0. The lowest BCUT2D eigenvalue weighted by molar-refractivity contribution is -0.139. The number of likely N-dealkylation sites (N-methyl/N-ethyl adjacent to an activating group) is 1. The summed E-state index contributed by atoms with van der Waals surface area (Å²) in [7, 11) is 1.91. The summed E-state index contributed by atoms with van der Waals surface area (Å²) in [5, 5.41) is 3.52. The van der Waals surface area contributed by atoms with E-state index in [9.17, 15) is 9.59 Å². The van der Waals surface area contributed by atoms with Crippen LogP contribution < -0.4 is 5.32 Å². The van der Waals surface area contributed by atoms with Crippen LogP contribution in [0, 0.1) is 5.92 Å². The first kappa shape index (κ1) is 23.6. The van der Waals surface area contributed by atoms with E-state index >= 15 is 0 Å². The predicted molar refractivity (Wildman–Crippen MR) is 132 cm³/mol. The van der Waals surface area contributed by atoms with Crippen molar-refractivity contribution in [2.75, 3.05) is 38.5 Å². The zero-order valence-electron chi connectivity index (χ0n) is 19.3. The minimum atomic E-state index is -0.123. The molecule has 33 heavy (non-hydrogen) atoms. The molecule has 1 N–H and O–H groups in total. The van der Waals surface area contributed by atoms with Crippen LogP contribution in [-0.4, -0.2) is 65.9 Å². The van der Waals surface area contributed by atoms with Gasteiger partial charge in [0, 0.05) is 50.5 Å². The van der Waals surface area contributed by atoms with Gasteiger partial charge in [-0.15, -0.1) is 0 Å². The fourth-order valence-electron chi connectivity index (χ4n) is 5.06. The fourth-order valence-corrected chi connectivity index (χ4v) is 5.25. The number of anilines is 1. The lowest BCUT2D eigenvalue weighted by Crippen LogP contribution is -2.58. The minimum absolute atomic E-state index is 0.112. The van der Waals surface area contributed by atoms with Crippen molar-refractivity contribution in [2.24, 2.45) is 5.92 Å². The number of urea groups is 1. The molecular weight excluding hydrogens is 436 g/mol. The maximum Gasteiger partial charge on any atom is 0.321 e. The number of rotatable bonds is 6. The summed E-state index contributed by atoms with van der Waals surface area (Å²) >= 11 is 6.03. The Balaban J connectivity index is 1.38. The average molecular weight is 469 g/mol. The normalized spacial score (nSPS) is 18.2. The molecule has 2 fully saturated rings. The van der Waals surface area contributed by atoms with E-state index in [2.05, 4.69) is 22.3 Å². The molecule has 3 amide bonds. The molecule has 7 heteroatoms. The van der Waals surface area contributed by atoms with Gasteiger partial charge in [-0.05, 0) is 42.5 Å². The van der Waals surface area contributed by atoms with Crippen molar-refractivity contribution in [3.8, 4) is 0 Å². The highest BCUT2D eigenvalue weighted by atomic mass is 35.5. The highest BCUT2D eigenvalue weighted by Gasteiger charge is 2.38. The van der Waals surface area contributed by atoms with E-state index in [4.69, 9.17) is 11.6 Å². The van der Waals surface area contributed by atoms with Crippen LogP contribution in [0.1, 0.15) is 31.2 Å². The molecule has 1 aliphatic heterocycles. The number of piperazine rings is 1. The van der Waals surface area contributed by atoms with Crippen molar-refractivity contribution in [2.45, 2.75) is 38.3 Å². The molecule has 176 valence electrons.